The number of rotatable bonds is 2. The molecule has 1 saturated heterocycles. The second kappa shape index (κ2) is 4.66. The normalized spacial score (nSPS) is 23.1. The number of aliphatic hydroxyl groups is 1. The van der Waals surface area contributed by atoms with Gasteiger partial charge in [0.15, 0.2) is 0 Å². The maximum atomic E-state index is 12.2. The van der Waals surface area contributed by atoms with Gasteiger partial charge < -0.3 is 20.8 Å². The summed E-state index contributed by atoms with van der Waals surface area (Å²) in [6.07, 6.45) is -0.756. The molecule has 1 amide bonds. The minimum atomic E-state index is -1.12. The van der Waals surface area contributed by atoms with E-state index in [1.807, 2.05) is 0 Å². The number of hydrogen-bond acceptors (Lipinski definition) is 4. The molecule has 0 aromatic heterocycles. The lowest BCUT2D eigenvalue weighted by molar-refractivity contribution is -0.141. The molecule has 0 bridgehead atoms. The highest BCUT2D eigenvalue weighted by Gasteiger charge is 2.39. The maximum absolute atomic E-state index is 12.2. The van der Waals surface area contributed by atoms with Crippen LogP contribution in [0.2, 0.25) is 0 Å². The first-order valence-corrected chi connectivity index (χ1v) is 5.57. The van der Waals surface area contributed by atoms with Crippen LogP contribution in [0.5, 0.6) is 0 Å². The lowest BCUT2D eigenvalue weighted by atomic mass is 10.1. The van der Waals surface area contributed by atoms with Crippen LogP contribution >= 0.6 is 0 Å². The zero-order valence-electron chi connectivity index (χ0n) is 9.61. The number of anilines is 1. The quantitative estimate of drug-likeness (QED) is 0.637. The van der Waals surface area contributed by atoms with Crippen LogP contribution < -0.4 is 5.73 Å². The highest BCUT2D eigenvalue weighted by atomic mass is 16.4. The Morgan fingerprint density at radius 2 is 2.00 bits per heavy atom. The molecule has 1 fully saturated rings. The molecule has 4 N–H and O–H groups in total. The van der Waals surface area contributed by atoms with Gasteiger partial charge in [0, 0.05) is 18.7 Å². The Kier molecular flexibility index (Phi) is 3.20. The number of carboxylic acid groups (broad SMARTS) is 1. The minimum Gasteiger partial charge on any atom is -0.480 e. The smallest absolute Gasteiger partial charge is 0.326 e. The SMILES string of the molecule is Nc1ccccc1C(=O)N1C[C@@H](O)C[C@H]1C(=O)O. The monoisotopic (exact) mass is 250 g/mol. The van der Waals surface area contributed by atoms with E-state index in [0.29, 0.717) is 5.69 Å². The van der Waals surface area contributed by atoms with Gasteiger partial charge >= 0.3 is 5.97 Å². The van der Waals surface area contributed by atoms with Crippen LogP contribution in [0.4, 0.5) is 5.69 Å². The summed E-state index contributed by atoms with van der Waals surface area (Å²) < 4.78 is 0. The van der Waals surface area contributed by atoms with E-state index in [0.717, 1.165) is 4.90 Å². The van der Waals surface area contributed by atoms with Gasteiger partial charge in [0.05, 0.1) is 11.7 Å². The summed E-state index contributed by atoms with van der Waals surface area (Å²) in [6, 6.07) is 5.48. The number of hydrogen-bond donors (Lipinski definition) is 3. The first-order valence-electron chi connectivity index (χ1n) is 5.57. The minimum absolute atomic E-state index is 0.0180. The Hall–Kier alpha value is -2.08. The van der Waals surface area contributed by atoms with E-state index < -0.39 is 24.0 Å². The number of nitrogen functional groups attached to an aromatic ring is 1. The van der Waals surface area contributed by atoms with Gasteiger partial charge in [0.25, 0.3) is 5.91 Å². The fourth-order valence-corrected chi connectivity index (χ4v) is 2.12. The summed E-state index contributed by atoms with van der Waals surface area (Å²) in [5.41, 5.74) is 6.25. The predicted molar refractivity (Wildman–Crippen MR) is 63.9 cm³/mol. The van der Waals surface area contributed by atoms with Crippen LogP contribution in [0, 0.1) is 0 Å². The van der Waals surface area contributed by atoms with Crippen molar-refractivity contribution < 1.29 is 19.8 Å². The van der Waals surface area contributed by atoms with Crippen LogP contribution in [-0.2, 0) is 4.79 Å². The van der Waals surface area contributed by atoms with E-state index in [-0.39, 0.29) is 18.5 Å². The number of carbonyl (C=O) groups excluding carboxylic acids is 1. The topological polar surface area (TPSA) is 104 Å². The third-order valence-electron chi connectivity index (χ3n) is 3.02. The van der Waals surface area contributed by atoms with Gasteiger partial charge in [-0.15, -0.1) is 0 Å². The van der Waals surface area contributed by atoms with E-state index >= 15 is 0 Å². The summed E-state index contributed by atoms with van der Waals surface area (Å²) in [7, 11) is 0. The first-order chi connectivity index (χ1) is 8.50. The lowest BCUT2D eigenvalue weighted by Crippen LogP contribution is -2.40. The summed E-state index contributed by atoms with van der Waals surface area (Å²) in [6.45, 7) is 0.0180. The highest BCUT2D eigenvalue weighted by molar-refractivity contribution is 6.01. The first kappa shape index (κ1) is 12.4. The van der Waals surface area contributed by atoms with E-state index in [2.05, 4.69) is 0 Å². The lowest BCUT2D eigenvalue weighted by Gasteiger charge is -2.21. The van der Waals surface area contributed by atoms with Gasteiger partial charge in [-0.25, -0.2) is 4.79 Å². The third-order valence-corrected chi connectivity index (χ3v) is 3.02. The molecule has 6 heteroatoms. The fraction of sp³-hybridized carbons (Fsp3) is 0.333. The summed E-state index contributed by atoms with van der Waals surface area (Å²) in [5, 5.41) is 18.5. The van der Waals surface area contributed by atoms with Crippen molar-refractivity contribution >= 4 is 17.6 Å². The molecule has 0 saturated carbocycles. The van der Waals surface area contributed by atoms with E-state index in [4.69, 9.17) is 10.8 Å². The van der Waals surface area contributed by atoms with Gasteiger partial charge in [-0.3, -0.25) is 4.79 Å². The van der Waals surface area contributed by atoms with Crippen molar-refractivity contribution in [3.63, 3.8) is 0 Å². The van der Waals surface area contributed by atoms with E-state index in [1.165, 1.54) is 0 Å². The molecule has 1 aromatic rings. The predicted octanol–water partition coefficient (Wildman–Crippen LogP) is -0.0712. The molecule has 0 radical (unpaired) electrons. The number of β-amino-alcohol motifs (C(OH)–C–C–N with tert-alkyl or cyclic N) is 1. The molecule has 2 rings (SSSR count). The largest absolute Gasteiger partial charge is 0.480 e. The second-order valence-electron chi connectivity index (χ2n) is 4.29. The number of nitrogens with two attached hydrogens (primary N) is 1. The van der Waals surface area contributed by atoms with Crippen molar-refractivity contribution in [2.24, 2.45) is 0 Å². The number of benzene rings is 1. The van der Waals surface area contributed by atoms with Crippen molar-refractivity contribution in [3.05, 3.63) is 29.8 Å². The van der Waals surface area contributed by atoms with Crippen molar-refractivity contribution in [3.8, 4) is 0 Å². The fourth-order valence-electron chi connectivity index (χ4n) is 2.12. The highest BCUT2D eigenvalue weighted by Crippen LogP contribution is 2.23. The zero-order valence-corrected chi connectivity index (χ0v) is 9.61. The molecule has 1 aliphatic rings. The third kappa shape index (κ3) is 2.14. The molecular formula is C12H14N2O4. The molecule has 18 heavy (non-hydrogen) atoms. The molecule has 6 nitrogen and oxygen atoms in total. The van der Waals surface area contributed by atoms with Gasteiger partial charge in [0.2, 0.25) is 0 Å². The maximum Gasteiger partial charge on any atom is 0.326 e. The molecule has 0 unspecified atom stereocenters. The Labute approximate surface area is 104 Å². The van der Waals surface area contributed by atoms with Gasteiger partial charge in [-0.2, -0.15) is 0 Å². The summed E-state index contributed by atoms with van der Waals surface area (Å²) >= 11 is 0. The number of likely N-dealkylation sites (tertiary alicyclic amines) is 1. The van der Waals surface area contributed by atoms with Crippen molar-refractivity contribution in [2.45, 2.75) is 18.6 Å². The Morgan fingerprint density at radius 3 is 2.61 bits per heavy atom. The van der Waals surface area contributed by atoms with Crippen LogP contribution in [0.1, 0.15) is 16.8 Å². The van der Waals surface area contributed by atoms with Crippen LogP contribution in [0.25, 0.3) is 0 Å². The Balaban J connectivity index is 2.28. The van der Waals surface area contributed by atoms with Crippen LogP contribution in [-0.4, -0.2) is 45.7 Å². The number of para-hydroxylation sites is 1. The van der Waals surface area contributed by atoms with Gasteiger partial charge in [-0.05, 0) is 12.1 Å². The van der Waals surface area contributed by atoms with Crippen LogP contribution in [0.3, 0.4) is 0 Å². The summed E-state index contributed by atoms with van der Waals surface area (Å²) in [4.78, 5) is 24.4. The zero-order chi connectivity index (χ0) is 13.3. The summed E-state index contributed by atoms with van der Waals surface area (Å²) in [5.74, 6) is -1.58. The standard InChI is InChI=1S/C12H14N2O4/c13-9-4-2-1-3-8(9)11(16)14-6-7(15)5-10(14)12(17)18/h1-4,7,10,15H,5-6,13H2,(H,17,18)/t7-,10-/m0/s1. The Bertz CT molecular complexity index is 489. The molecular weight excluding hydrogens is 236 g/mol. The molecule has 1 aliphatic heterocycles. The molecule has 0 spiro atoms. The number of carbonyl (C=O) groups is 2. The molecule has 96 valence electrons. The second-order valence-corrected chi connectivity index (χ2v) is 4.29. The number of aliphatic hydroxyl groups excluding tert-OH is 1. The van der Waals surface area contributed by atoms with Crippen molar-refractivity contribution in [2.75, 3.05) is 12.3 Å². The molecule has 2 atom stereocenters. The number of amides is 1. The van der Waals surface area contributed by atoms with Gasteiger partial charge in [0.1, 0.15) is 6.04 Å². The molecule has 1 aromatic carbocycles. The van der Waals surface area contributed by atoms with E-state index in [1.54, 1.807) is 24.3 Å². The molecule has 1 heterocycles. The van der Waals surface area contributed by atoms with E-state index in [9.17, 15) is 14.7 Å². The number of carboxylic acids is 1. The van der Waals surface area contributed by atoms with Crippen LogP contribution in [0.15, 0.2) is 24.3 Å². The number of nitrogens with zero attached hydrogens (tertiary/aromatic N) is 1. The van der Waals surface area contributed by atoms with Crippen molar-refractivity contribution in [1.29, 1.82) is 0 Å². The Morgan fingerprint density at radius 1 is 1.33 bits per heavy atom. The van der Waals surface area contributed by atoms with Gasteiger partial charge in [-0.1, -0.05) is 12.1 Å². The average molecular weight is 250 g/mol. The average Bonchev–Trinajstić information content (AvgIpc) is 2.71. The number of aliphatic carboxylic acids is 1. The molecule has 0 aliphatic carbocycles. The van der Waals surface area contributed by atoms with Crippen molar-refractivity contribution in [1.82, 2.24) is 4.90 Å².